The average molecular weight is 404 g/mol. The summed E-state index contributed by atoms with van der Waals surface area (Å²) in [6, 6.07) is 17.5. The number of amides is 1. The molecular weight excluding hydrogens is 380 g/mol. The van der Waals surface area contributed by atoms with Crippen LogP contribution in [0.25, 0.3) is 11.3 Å². The van der Waals surface area contributed by atoms with Gasteiger partial charge in [-0.15, -0.1) is 0 Å². The minimum atomic E-state index is -0.226. The van der Waals surface area contributed by atoms with E-state index in [9.17, 15) is 4.79 Å². The first kappa shape index (κ1) is 19.8. The quantitative estimate of drug-likeness (QED) is 0.580. The van der Waals surface area contributed by atoms with Crippen LogP contribution in [0.3, 0.4) is 0 Å². The Kier molecular flexibility index (Phi) is 6.17. The van der Waals surface area contributed by atoms with E-state index in [1.165, 1.54) is 5.69 Å². The van der Waals surface area contributed by atoms with E-state index in [-0.39, 0.29) is 12.5 Å². The lowest BCUT2D eigenvalue weighted by Gasteiger charge is -2.28. The first-order valence-electron chi connectivity index (χ1n) is 9.84. The zero-order valence-corrected chi connectivity index (χ0v) is 16.5. The number of anilines is 4. The molecule has 30 heavy (non-hydrogen) atoms. The molecule has 1 aromatic heterocycles. The van der Waals surface area contributed by atoms with Gasteiger partial charge in [0.15, 0.2) is 0 Å². The lowest BCUT2D eigenvalue weighted by Crippen LogP contribution is -2.36. The number of ether oxygens (including phenoxy) is 1. The number of rotatable bonds is 6. The zero-order valence-electron chi connectivity index (χ0n) is 16.5. The normalized spacial score (nSPS) is 13.7. The van der Waals surface area contributed by atoms with Gasteiger partial charge in [0.25, 0.3) is 0 Å². The molecule has 8 heteroatoms. The Hall–Kier alpha value is -3.49. The molecular formula is C22H24N6O2. The van der Waals surface area contributed by atoms with Crippen molar-refractivity contribution < 1.29 is 9.53 Å². The van der Waals surface area contributed by atoms with Crippen LogP contribution in [0.2, 0.25) is 0 Å². The molecule has 3 aromatic rings. The van der Waals surface area contributed by atoms with Crippen molar-refractivity contribution in [3.8, 4) is 11.3 Å². The van der Waals surface area contributed by atoms with E-state index in [2.05, 4.69) is 37.6 Å². The molecule has 0 bridgehead atoms. The molecule has 0 spiro atoms. The molecule has 0 atom stereocenters. The largest absolute Gasteiger partial charge is 0.378 e. The molecule has 0 radical (unpaired) electrons. The first-order valence-corrected chi connectivity index (χ1v) is 9.84. The molecule has 154 valence electrons. The Morgan fingerprint density at radius 3 is 2.40 bits per heavy atom. The van der Waals surface area contributed by atoms with Crippen molar-refractivity contribution >= 4 is 28.9 Å². The van der Waals surface area contributed by atoms with Crippen molar-refractivity contribution in [1.29, 1.82) is 0 Å². The number of nitrogens with two attached hydrogens (primary N) is 1. The van der Waals surface area contributed by atoms with Crippen molar-refractivity contribution in [3.63, 3.8) is 0 Å². The Labute approximate surface area is 175 Å². The number of carbonyl (C=O) groups excluding carboxylic acids is 1. The monoisotopic (exact) mass is 404 g/mol. The minimum Gasteiger partial charge on any atom is -0.378 e. The smallest absolute Gasteiger partial charge is 0.238 e. The number of benzene rings is 2. The average Bonchev–Trinajstić information content (AvgIpc) is 2.81. The van der Waals surface area contributed by atoms with E-state index in [0.29, 0.717) is 11.6 Å². The highest BCUT2D eigenvalue weighted by atomic mass is 16.5. The van der Waals surface area contributed by atoms with E-state index >= 15 is 0 Å². The number of nitrogens with zero attached hydrogens (tertiary/aromatic N) is 3. The molecule has 8 nitrogen and oxygen atoms in total. The third-order valence-electron chi connectivity index (χ3n) is 4.81. The van der Waals surface area contributed by atoms with E-state index in [1.54, 1.807) is 6.20 Å². The van der Waals surface area contributed by atoms with Gasteiger partial charge in [-0.05, 0) is 42.5 Å². The summed E-state index contributed by atoms with van der Waals surface area (Å²) in [6.07, 6.45) is 1.72. The van der Waals surface area contributed by atoms with Crippen LogP contribution >= 0.6 is 0 Å². The highest BCUT2D eigenvalue weighted by molar-refractivity contribution is 5.92. The van der Waals surface area contributed by atoms with Gasteiger partial charge >= 0.3 is 0 Å². The van der Waals surface area contributed by atoms with Gasteiger partial charge in [-0.2, -0.15) is 0 Å². The Morgan fingerprint density at radius 2 is 1.70 bits per heavy atom. The SMILES string of the molecule is NCC(=O)Nc1ccc(-c2ccnc(Nc3ccc(N4CCOCC4)cc3)n2)cc1. The van der Waals surface area contributed by atoms with Gasteiger partial charge in [-0.1, -0.05) is 12.1 Å². The maximum Gasteiger partial charge on any atom is 0.238 e. The van der Waals surface area contributed by atoms with Gasteiger partial charge in [-0.3, -0.25) is 4.79 Å². The molecule has 1 fully saturated rings. The van der Waals surface area contributed by atoms with Crippen molar-refractivity contribution in [1.82, 2.24) is 9.97 Å². The highest BCUT2D eigenvalue weighted by Crippen LogP contribution is 2.23. The number of morpholine rings is 1. The highest BCUT2D eigenvalue weighted by Gasteiger charge is 2.11. The molecule has 0 saturated carbocycles. The van der Waals surface area contributed by atoms with Crippen molar-refractivity contribution in [2.24, 2.45) is 5.73 Å². The first-order chi connectivity index (χ1) is 14.7. The molecule has 0 unspecified atom stereocenters. The summed E-state index contributed by atoms with van der Waals surface area (Å²) in [5, 5.41) is 5.98. The number of nitrogens with one attached hydrogen (secondary N) is 2. The maximum atomic E-state index is 11.4. The van der Waals surface area contributed by atoms with Crippen LogP contribution in [0.4, 0.5) is 23.0 Å². The van der Waals surface area contributed by atoms with Gasteiger partial charge in [0, 0.05) is 41.9 Å². The number of hydrogen-bond donors (Lipinski definition) is 3. The molecule has 1 saturated heterocycles. The molecule has 4 rings (SSSR count). The minimum absolute atomic E-state index is 0.0455. The topological polar surface area (TPSA) is 105 Å². The van der Waals surface area contributed by atoms with E-state index in [4.69, 9.17) is 10.5 Å². The van der Waals surface area contributed by atoms with Crippen LogP contribution < -0.4 is 21.3 Å². The third-order valence-corrected chi connectivity index (χ3v) is 4.81. The van der Waals surface area contributed by atoms with Crippen molar-refractivity contribution in [2.75, 3.05) is 48.4 Å². The summed E-state index contributed by atoms with van der Waals surface area (Å²) in [7, 11) is 0. The predicted molar refractivity (Wildman–Crippen MR) is 118 cm³/mol. The second kappa shape index (κ2) is 9.34. The Bertz CT molecular complexity index is 985. The summed E-state index contributed by atoms with van der Waals surface area (Å²) in [5.41, 5.74) is 9.83. The fraction of sp³-hybridized carbons (Fsp3) is 0.227. The summed E-state index contributed by atoms with van der Waals surface area (Å²) >= 11 is 0. The van der Waals surface area contributed by atoms with Crippen molar-refractivity contribution in [3.05, 3.63) is 60.8 Å². The Balaban J connectivity index is 1.43. The van der Waals surface area contributed by atoms with Crippen LogP contribution in [0.1, 0.15) is 0 Å². The Morgan fingerprint density at radius 1 is 1.00 bits per heavy atom. The molecule has 1 amide bonds. The molecule has 2 aromatic carbocycles. The molecule has 4 N–H and O–H groups in total. The lowest BCUT2D eigenvalue weighted by atomic mass is 10.1. The molecule has 0 aliphatic carbocycles. The third kappa shape index (κ3) is 4.91. The van der Waals surface area contributed by atoms with Crippen LogP contribution in [0.15, 0.2) is 60.8 Å². The fourth-order valence-electron chi connectivity index (χ4n) is 3.22. The number of hydrogen-bond acceptors (Lipinski definition) is 7. The maximum absolute atomic E-state index is 11.4. The molecule has 2 heterocycles. The van der Waals surface area contributed by atoms with Crippen LogP contribution in [-0.2, 0) is 9.53 Å². The van der Waals surface area contributed by atoms with E-state index < -0.39 is 0 Å². The van der Waals surface area contributed by atoms with Gasteiger partial charge in [0.1, 0.15) is 0 Å². The number of aromatic nitrogens is 2. The van der Waals surface area contributed by atoms with Crippen molar-refractivity contribution in [2.45, 2.75) is 0 Å². The summed E-state index contributed by atoms with van der Waals surface area (Å²) in [4.78, 5) is 22.6. The zero-order chi connectivity index (χ0) is 20.8. The van der Waals surface area contributed by atoms with Crippen LogP contribution in [0, 0.1) is 0 Å². The predicted octanol–water partition coefficient (Wildman–Crippen LogP) is 2.62. The molecule has 1 aliphatic rings. The van der Waals surface area contributed by atoms with Gasteiger partial charge in [-0.25, -0.2) is 9.97 Å². The second-order valence-electron chi connectivity index (χ2n) is 6.87. The van der Waals surface area contributed by atoms with E-state index in [1.807, 2.05) is 42.5 Å². The molecule has 1 aliphatic heterocycles. The standard InChI is InChI=1S/C22H24N6O2/c23-15-21(29)25-17-3-1-16(2-4-17)20-9-10-24-22(27-20)26-18-5-7-19(8-6-18)28-11-13-30-14-12-28/h1-10H,11-15,23H2,(H,25,29)(H,24,26,27). The van der Waals surface area contributed by atoms with Gasteiger partial charge in [0.05, 0.1) is 25.5 Å². The van der Waals surface area contributed by atoms with Crippen LogP contribution in [-0.4, -0.2) is 48.7 Å². The summed E-state index contributed by atoms with van der Waals surface area (Å²) in [6.45, 7) is 3.30. The fourth-order valence-corrected chi connectivity index (χ4v) is 3.22. The van der Waals surface area contributed by atoms with E-state index in [0.717, 1.165) is 43.2 Å². The van der Waals surface area contributed by atoms with Gasteiger partial charge < -0.3 is 26.0 Å². The number of carbonyl (C=O) groups is 1. The second-order valence-corrected chi connectivity index (χ2v) is 6.87. The van der Waals surface area contributed by atoms with Crippen LogP contribution in [0.5, 0.6) is 0 Å². The van der Waals surface area contributed by atoms with Gasteiger partial charge in [0.2, 0.25) is 11.9 Å². The summed E-state index contributed by atoms with van der Waals surface area (Å²) in [5.74, 6) is 0.294. The summed E-state index contributed by atoms with van der Waals surface area (Å²) < 4.78 is 5.41. The lowest BCUT2D eigenvalue weighted by molar-refractivity contribution is -0.114.